The van der Waals surface area contributed by atoms with Crippen molar-refractivity contribution in [3.05, 3.63) is 57.6 Å². The van der Waals surface area contributed by atoms with E-state index >= 15 is 0 Å². The smallest absolute Gasteiger partial charge is 0.201 e. The van der Waals surface area contributed by atoms with E-state index in [0.29, 0.717) is 36.8 Å². The average molecular weight is 754 g/mol. The third-order valence-electron chi connectivity index (χ3n) is 11.8. The largest absolute Gasteiger partial charge is 0.507 e. The fraction of sp³-hybridized carbons (Fsp3) is 0.625. The number of ether oxygens (including phenoxy) is 6. The molecule has 7 rings (SSSR count). The van der Waals surface area contributed by atoms with Crippen LogP contribution in [-0.2, 0) is 39.6 Å². The first-order chi connectivity index (χ1) is 25.6. The molecule has 54 heavy (non-hydrogen) atoms. The van der Waals surface area contributed by atoms with Crippen LogP contribution in [0.25, 0.3) is 0 Å². The molecule has 0 saturated carbocycles. The number of Topliss-reactive ketones (excluding diaryl/α,β-unsaturated/α-hetero) is 1. The zero-order valence-corrected chi connectivity index (χ0v) is 31.5. The maximum atomic E-state index is 13.7. The SMILES string of the molecule is CCC1(O)Cc2cc3c(c(O)c2C(OC2CC(N(C)C)C(OC4CC(O)C(OC5CCC(=O)C(C)O5)C(C)O4)C(C)O2)C1)C(=O)c1c(O)cccc1C3=O. The summed E-state index contributed by atoms with van der Waals surface area (Å²) in [4.78, 5) is 41.2. The van der Waals surface area contributed by atoms with Crippen LogP contribution in [0.15, 0.2) is 24.3 Å². The Kier molecular flexibility index (Phi) is 10.8. The lowest BCUT2D eigenvalue weighted by atomic mass is 9.73. The maximum absolute atomic E-state index is 13.7. The molecule has 14 heteroatoms. The molecule has 12 unspecified atom stereocenters. The number of hydrogen-bond acceptors (Lipinski definition) is 14. The van der Waals surface area contributed by atoms with Crippen LogP contribution in [0.3, 0.4) is 0 Å². The summed E-state index contributed by atoms with van der Waals surface area (Å²) in [5.41, 5.74) is -0.723. The van der Waals surface area contributed by atoms with Crippen LogP contribution >= 0.6 is 0 Å². The lowest BCUT2D eigenvalue weighted by Gasteiger charge is -2.47. The van der Waals surface area contributed by atoms with E-state index in [-0.39, 0.29) is 59.1 Å². The minimum Gasteiger partial charge on any atom is -0.507 e. The number of nitrogens with zero attached hydrogens (tertiary/aromatic N) is 1. The summed E-state index contributed by atoms with van der Waals surface area (Å²) in [7, 11) is 3.82. The molecule has 3 aliphatic heterocycles. The molecule has 14 nitrogen and oxygen atoms in total. The van der Waals surface area contributed by atoms with Gasteiger partial charge < -0.3 is 53.7 Å². The Morgan fingerprint density at radius 3 is 2.22 bits per heavy atom. The van der Waals surface area contributed by atoms with Crippen molar-refractivity contribution in [2.45, 2.75) is 146 Å². The number of aliphatic hydroxyl groups excluding tert-OH is 1. The highest BCUT2D eigenvalue weighted by atomic mass is 16.7. The highest BCUT2D eigenvalue weighted by Gasteiger charge is 2.48. The van der Waals surface area contributed by atoms with Crippen LogP contribution in [0.2, 0.25) is 0 Å². The van der Waals surface area contributed by atoms with Crippen molar-refractivity contribution in [2.24, 2.45) is 0 Å². The molecular weight excluding hydrogens is 702 g/mol. The molecule has 2 aliphatic carbocycles. The molecule has 0 radical (unpaired) electrons. The molecule has 2 aromatic rings. The Balaban J connectivity index is 1.08. The van der Waals surface area contributed by atoms with Crippen LogP contribution in [0, 0.1) is 0 Å². The summed E-state index contributed by atoms with van der Waals surface area (Å²) < 4.78 is 37.5. The number of fused-ring (bicyclic) bond motifs is 3. The predicted octanol–water partition coefficient (Wildman–Crippen LogP) is 3.44. The number of ketones is 3. The molecule has 3 heterocycles. The summed E-state index contributed by atoms with van der Waals surface area (Å²) in [6, 6.07) is 5.59. The van der Waals surface area contributed by atoms with Gasteiger partial charge in [0.1, 0.15) is 29.8 Å². The molecule has 5 aliphatic rings. The first kappa shape index (κ1) is 38.9. The summed E-state index contributed by atoms with van der Waals surface area (Å²) in [6.07, 6.45) is -4.99. The van der Waals surface area contributed by atoms with Gasteiger partial charge in [-0.05, 0) is 59.0 Å². The number of carbonyl (C=O) groups excluding carboxylic acids is 3. The second kappa shape index (κ2) is 15.0. The first-order valence-electron chi connectivity index (χ1n) is 18.9. The van der Waals surface area contributed by atoms with Crippen LogP contribution in [-0.4, -0.2) is 124 Å². The highest BCUT2D eigenvalue weighted by Crippen LogP contribution is 2.49. The van der Waals surface area contributed by atoms with E-state index in [9.17, 15) is 34.8 Å². The monoisotopic (exact) mass is 753 g/mol. The fourth-order valence-electron chi connectivity index (χ4n) is 8.73. The quantitative estimate of drug-likeness (QED) is 0.262. The summed E-state index contributed by atoms with van der Waals surface area (Å²) in [5, 5.41) is 45.1. The number of phenols is 2. The number of aromatic hydroxyl groups is 2. The molecule has 4 N–H and O–H groups in total. The second-order valence-electron chi connectivity index (χ2n) is 15.7. The number of likely N-dealkylation sites (N-methyl/N-ethyl adjacent to an activating group) is 1. The van der Waals surface area contributed by atoms with Crippen molar-refractivity contribution in [1.82, 2.24) is 4.90 Å². The number of benzene rings is 2. The van der Waals surface area contributed by atoms with Crippen molar-refractivity contribution in [3.8, 4) is 11.5 Å². The summed E-state index contributed by atoms with van der Waals surface area (Å²) in [5.74, 6) is -1.91. The predicted molar refractivity (Wildman–Crippen MR) is 190 cm³/mol. The molecular formula is C40H51NO13. The lowest BCUT2D eigenvalue weighted by Crippen LogP contribution is -2.58. The Hall–Kier alpha value is -3.31. The van der Waals surface area contributed by atoms with Gasteiger partial charge in [0.15, 0.2) is 30.4 Å². The molecule has 2 aromatic carbocycles. The van der Waals surface area contributed by atoms with Gasteiger partial charge in [0.2, 0.25) is 5.78 Å². The minimum atomic E-state index is -1.22. The van der Waals surface area contributed by atoms with Gasteiger partial charge in [-0.15, -0.1) is 0 Å². The van der Waals surface area contributed by atoms with E-state index in [4.69, 9.17) is 28.4 Å². The van der Waals surface area contributed by atoms with Crippen LogP contribution in [0.1, 0.15) is 115 Å². The topological polar surface area (TPSA) is 191 Å². The van der Waals surface area contributed by atoms with Crippen molar-refractivity contribution >= 4 is 17.3 Å². The van der Waals surface area contributed by atoms with Gasteiger partial charge in [-0.1, -0.05) is 19.1 Å². The molecule has 3 saturated heterocycles. The molecule has 12 atom stereocenters. The Labute approximate surface area is 314 Å². The molecule has 3 fully saturated rings. The van der Waals surface area contributed by atoms with Gasteiger partial charge in [0, 0.05) is 61.3 Å². The highest BCUT2D eigenvalue weighted by molar-refractivity contribution is 6.30. The van der Waals surface area contributed by atoms with E-state index in [1.807, 2.05) is 32.8 Å². The van der Waals surface area contributed by atoms with Gasteiger partial charge in [0.25, 0.3) is 0 Å². The van der Waals surface area contributed by atoms with E-state index in [0.717, 1.165) is 0 Å². The van der Waals surface area contributed by atoms with Gasteiger partial charge in [-0.2, -0.15) is 0 Å². The van der Waals surface area contributed by atoms with Gasteiger partial charge in [-0.3, -0.25) is 14.4 Å². The van der Waals surface area contributed by atoms with E-state index in [1.54, 1.807) is 19.9 Å². The standard InChI is InChI=1S/C40H51NO13/c1-7-40(48)16-21-13-23-34(37(47)33-22(35(23)45)9-8-10-26(33)43)36(46)32(21)28(17-40)52-30-14-24(41(5)6)38(19(3)50-30)54-31-15-27(44)39(20(4)51-31)53-29-12-11-25(42)18(2)49-29/h8-10,13,18-20,24,27-31,38-39,43-44,46,48H,7,11-12,14-17H2,1-6H3. The third-order valence-corrected chi connectivity index (χ3v) is 11.8. The second-order valence-corrected chi connectivity index (χ2v) is 15.7. The average Bonchev–Trinajstić information content (AvgIpc) is 3.10. The fourth-order valence-corrected chi connectivity index (χ4v) is 8.73. The Morgan fingerprint density at radius 2 is 1.56 bits per heavy atom. The number of hydrogen-bond donors (Lipinski definition) is 4. The summed E-state index contributed by atoms with van der Waals surface area (Å²) in [6.45, 7) is 7.19. The third kappa shape index (κ3) is 7.12. The van der Waals surface area contributed by atoms with E-state index in [1.165, 1.54) is 18.2 Å². The number of phenolic OH excluding ortho intramolecular Hbond substituents is 2. The Morgan fingerprint density at radius 1 is 0.870 bits per heavy atom. The number of carbonyl (C=O) groups is 3. The van der Waals surface area contributed by atoms with E-state index < -0.39 is 84.5 Å². The zero-order valence-electron chi connectivity index (χ0n) is 31.5. The normalized spacial score (nSPS) is 36.8. The van der Waals surface area contributed by atoms with Crippen LogP contribution < -0.4 is 0 Å². The molecule has 0 bridgehead atoms. The van der Waals surface area contributed by atoms with Gasteiger partial charge in [-0.25, -0.2) is 0 Å². The zero-order chi connectivity index (χ0) is 38.8. The molecule has 0 aromatic heterocycles. The maximum Gasteiger partial charge on any atom is 0.201 e. The van der Waals surface area contributed by atoms with Crippen molar-refractivity contribution in [3.63, 3.8) is 0 Å². The first-order valence-corrected chi connectivity index (χ1v) is 18.9. The van der Waals surface area contributed by atoms with Crippen molar-refractivity contribution in [2.75, 3.05) is 14.1 Å². The lowest BCUT2D eigenvalue weighted by molar-refractivity contribution is -0.324. The molecule has 0 amide bonds. The summed E-state index contributed by atoms with van der Waals surface area (Å²) >= 11 is 0. The molecule has 0 spiro atoms. The minimum absolute atomic E-state index is 0.0133. The number of aliphatic hydroxyl groups is 2. The van der Waals surface area contributed by atoms with Gasteiger partial charge in [0.05, 0.1) is 41.1 Å². The van der Waals surface area contributed by atoms with Crippen LogP contribution in [0.4, 0.5) is 0 Å². The Bertz CT molecular complexity index is 1780. The number of rotatable bonds is 8. The van der Waals surface area contributed by atoms with Crippen molar-refractivity contribution in [1.29, 1.82) is 0 Å². The van der Waals surface area contributed by atoms with Crippen LogP contribution in [0.5, 0.6) is 11.5 Å². The van der Waals surface area contributed by atoms with Gasteiger partial charge >= 0.3 is 0 Å². The molecule has 294 valence electrons. The van der Waals surface area contributed by atoms with Crippen molar-refractivity contribution < 1.29 is 63.2 Å². The van der Waals surface area contributed by atoms with E-state index in [2.05, 4.69) is 0 Å².